The molecule has 108 valence electrons. The van der Waals surface area contributed by atoms with Gasteiger partial charge in [-0.05, 0) is 6.42 Å². The summed E-state index contributed by atoms with van der Waals surface area (Å²) in [5.41, 5.74) is -0.108. The highest BCUT2D eigenvalue weighted by Gasteiger charge is 2.19. The maximum atomic E-state index is 5.62. The van der Waals surface area contributed by atoms with Gasteiger partial charge >= 0.3 is 0 Å². The Balaban J connectivity index is 2.89. The molecule has 1 heterocycles. The number of methoxy groups -OCH3 is 1. The number of nitrogens with zero attached hydrogens (tertiary/aromatic N) is 2. The molecule has 1 aromatic rings. The van der Waals surface area contributed by atoms with Crippen molar-refractivity contribution in [1.82, 2.24) is 9.97 Å². The van der Waals surface area contributed by atoms with Crippen LogP contribution in [0.1, 0.15) is 39.9 Å². The van der Waals surface area contributed by atoms with Crippen molar-refractivity contribution in [3.8, 4) is 5.88 Å². The van der Waals surface area contributed by atoms with Gasteiger partial charge in [0.1, 0.15) is 11.6 Å². The number of hydrogen-bond acceptors (Lipinski definition) is 5. The van der Waals surface area contributed by atoms with Gasteiger partial charge in [0.25, 0.3) is 0 Å². The molecule has 0 aliphatic rings. The highest BCUT2D eigenvalue weighted by Crippen LogP contribution is 2.23. The highest BCUT2D eigenvalue weighted by molar-refractivity contribution is 5.39. The van der Waals surface area contributed by atoms with Gasteiger partial charge < -0.3 is 14.8 Å². The zero-order valence-electron chi connectivity index (χ0n) is 12.6. The number of aromatic nitrogens is 2. The molecule has 0 bridgehead atoms. The van der Waals surface area contributed by atoms with E-state index in [1.807, 2.05) is 6.07 Å². The van der Waals surface area contributed by atoms with Crippen molar-refractivity contribution in [3.63, 3.8) is 0 Å². The molecule has 0 saturated carbocycles. The third kappa shape index (κ3) is 5.42. The zero-order chi connectivity index (χ0) is 14.3. The third-order valence-electron chi connectivity index (χ3n) is 2.44. The summed E-state index contributed by atoms with van der Waals surface area (Å²) in [5, 5.41) is 3.22. The van der Waals surface area contributed by atoms with Crippen LogP contribution in [0.15, 0.2) is 6.07 Å². The van der Waals surface area contributed by atoms with Crippen LogP contribution in [0.4, 0.5) is 5.82 Å². The van der Waals surface area contributed by atoms with Gasteiger partial charge in [-0.1, -0.05) is 27.7 Å². The van der Waals surface area contributed by atoms with Gasteiger partial charge in [-0.25, -0.2) is 4.98 Å². The molecule has 0 aliphatic heterocycles. The average Bonchev–Trinajstić information content (AvgIpc) is 2.35. The molecular formula is C14H25N3O2. The van der Waals surface area contributed by atoms with Gasteiger partial charge in [-0.2, -0.15) is 4.98 Å². The molecule has 0 radical (unpaired) electrons. The Morgan fingerprint density at radius 3 is 2.53 bits per heavy atom. The Morgan fingerprint density at radius 1 is 1.21 bits per heavy atom. The molecule has 0 fully saturated rings. The van der Waals surface area contributed by atoms with Crippen LogP contribution in [-0.2, 0) is 10.2 Å². The topological polar surface area (TPSA) is 56.3 Å². The van der Waals surface area contributed by atoms with Gasteiger partial charge in [0.05, 0.1) is 13.2 Å². The van der Waals surface area contributed by atoms with Crippen LogP contribution in [0.5, 0.6) is 5.88 Å². The van der Waals surface area contributed by atoms with Crippen LogP contribution >= 0.6 is 0 Å². The number of rotatable bonds is 7. The Morgan fingerprint density at radius 2 is 1.95 bits per heavy atom. The predicted octanol–water partition coefficient (Wildman–Crippen LogP) is 2.62. The molecule has 0 saturated heterocycles. The first-order valence-corrected chi connectivity index (χ1v) is 6.72. The van der Waals surface area contributed by atoms with Gasteiger partial charge in [0.2, 0.25) is 5.88 Å². The summed E-state index contributed by atoms with van der Waals surface area (Å²) in [6.07, 6.45) is 0.960. The molecule has 0 aromatic carbocycles. The molecule has 19 heavy (non-hydrogen) atoms. The predicted molar refractivity (Wildman–Crippen MR) is 76.9 cm³/mol. The normalized spacial score (nSPS) is 11.4. The number of nitrogens with one attached hydrogen (secondary N) is 1. The van der Waals surface area contributed by atoms with E-state index >= 15 is 0 Å². The van der Waals surface area contributed by atoms with Crippen molar-refractivity contribution in [2.24, 2.45) is 0 Å². The summed E-state index contributed by atoms with van der Waals surface area (Å²) >= 11 is 0. The standard InChI is InChI=1S/C14H25N3O2/c1-6-8-19-12-10-11(15-7-9-18-5)16-13(17-12)14(2,3)4/h10H,6-9H2,1-5H3,(H,15,16,17). The van der Waals surface area contributed by atoms with Crippen molar-refractivity contribution in [2.45, 2.75) is 39.5 Å². The lowest BCUT2D eigenvalue weighted by molar-refractivity contribution is 0.210. The van der Waals surface area contributed by atoms with Crippen molar-refractivity contribution < 1.29 is 9.47 Å². The van der Waals surface area contributed by atoms with Crippen LogP contribution in [0, 0.1) is 0 Å². The lowest BCUT2D eigenvalue weighted by Gasteiger charge is -2.19. The van der Waals surface area contributed by atoms with Gasteiger partial charge in [-0.15, -0.1) is 0 Å². The van der Waals surface area contributed by atoms with Crippen molar-refractivity contribution >= 4 is 5.82 Å². The molecule has 0 aliphatic carbocycles. The molecule has 0 atom stereocenters. The second-order valence-electron chi connectivity index (χ2n) is 5.43. The summed E-state index contributed by atoms with van der Waals surface area (Å²) in [5.74, 6) is 2.19. The lowest BCUT2D eigenvalue weighted by Crippen LogP contribution is -2.19. The van der Waals surface area contributed by atoms with Crippen molar-refractivity contribution in [1.29, 1.82) is 0 Å². The molecule has 1 rings (SSSR count). The molecule has 5 nitrogen and oxygen atoms in total. The fourth-order valence-corrected chi connectivity index (χ4v) is 1.41. The molecule has 0 unspecified atom stereocenters. The van der Waals surface area contributed by atoms with Crippen molar-refractivity contribution in [3.05, 3.63) is 11.9 Å². The minimum atomic E-state index is -0.108. The minimum absolute atomic E-state index is 0.108. The smallest absolute Gasteiger partial charge is 0.218 e. The van der Waals surface area contributed by atoms with E-state index in [9.17, 15) is 0 Å². The maximum absolute atomic E-state index is 5.62. The Labute approximate surface area is 115 Å². The van der Waals surface area contributed by atoms with Gasteiger partial charge in [0.15, 0.2) is 0 Å². The fourth-order valence-electron chi connectivity index (χ4n) is 1.41. The Hall–Kier alpha value is -1.36. The second kappa shape index (κ2) is 7.28. The molecular weight excluding hydrogens is 242 g/mol. The van der Waals surface area contributed by atoms with E-state index in [4.69, 9.17) is 9.47 Å². The summed E-state index contributed by atoms with van der Waals surface area (Å²) in [6, 6.07) is 1.83. The maximum Gasteiger partial charge on any atom is 0.218 e. The zero-order valence-corrected chi connectivity index (χ0v) is 12.6. The summed E-state index contributed by atoms with van der Waals surface area (Å²) in [7, 11) is 1.68. The molecule has 0 amide bonds. The summed E-state index contributed by atoms with van der Waals surface area (Å²) in [4.78, 5) is 8.99. The van der Waals surface area contributed by atoms with Crippen LogP contribution in [0.3, 0.4) is 0 Å². The Kier molecular flexibility index (Phi) is 6.02. The van der Waals surface area contributed by atoms with E-state index < -0.39 is 0 Å². The number of hydrogen-bond donors (Lipinski definition) is 1. The van der Waals surface area contributed by atoms with E-state index in [0.29, 0.717) is 25.6 Å². The SMILES string of the molecule is CCCOc1cc(NCCOC)nc(C(C)(C)C)n1. The fraction of sp³-hybridized carbons (Fsp3) is 0.714. The van der Waals surface area contributed by atoms with E-state index in [0.717, 1.165) is 18.1 Å². The highest BCUT2D eigenvalue weighted by atomic mass is 16.5. The average molecular weight is 267 g/mol. The lowest BCUT2D eigenvalue weighted by atomic mass is 9.96. The van der Waals surface area contributed by atoms with Crippen molar-refractivity contribution in [2.75, 3.05) is 32.2 Å². The van der Waals surface area contributed by atoms with Crippen LogP contribution in [-0.4, -0.2) is 36.8 Å². The second-order valence-corrected chi connectivity index (χ2v) is 5.43. The minimum Gasteiger partial charge on any atom is -0.478 e. The molecule has 0 spiro atoms. The number of ether oxygens (including phenoxy) is 2. The Bertz CT molecular complexity index is 389. The van der Waals surface area contributed by atoms with E-state index in [1.54, 1.807) is 7.11 Å². The summed E-state index contributed by atoms with van der Waals surface area (Å²) < 4.78 is 10.6. The number of anilines is 1. The first-order valence-electron chi connectivity index (χ1n) is 6.72. The van der Waals surface area contributed by atoms with E-state index in [-0.39, 0.29) is 5.41 Å². The van der Waals surface area contributed by atoms with E-state index in [2.05, 4.69) is 43.0 Å². The van der Waals surface area contributed by atoms with Crippen LogP contribution in [0.25, 0.3) is 0 Å². The monoisotopic (exact) mass is 267 g/mol. The van der Waals surface area contributed by atoms with Crippen LogP contribution in [0.2, 0.25) is 0 Å². The van der Waals surface area contributed by atoms with E-state index in [1.165, 1.54) is 0 Å². The molecule has 1 N–H and O–H groups in total. The first-order chi connectivity index (χ1) is 8.97. The van der Waals surface area contributed by atoms with Gasteiger partial charge in [-0.3, -0.25) is 0 Å². The summed E-state index contributed by atoms with van der Waals surface area (Å²) in [6.45, 7) is 10.4. The largest absolute Gasteiger partial charge is 0.478 e. The molecule has 1 aromatic heterocycles. The van der Waals surface area contributed by atoms with Gasteiger partial charge in [0, 0.05) is 25.1 Å². The third-order valence-corrected chi connectivity index (χ3v) is 2.44. The molecule has 5 heteroatoms. The quantitative estimate of drug-likeness (QED) is 0.770. The first kappa shape index (κ1) is 15.7. The van der Waals surface area contributed by atoms with Crippen LogP contribution < -0.4 is 10.1 Å².